The van der Waals surface area contributed by atoms with Crippen molar-refractivity contribution in [3.8, 4) is 0 Å². The highest BCUT2D eigenvalue weighted by Gasteiger charge is 2.29. The lowest BCUT2D eigenvalue weighted by atomic mass is 9.82. The normalized spacial score (nSPS) is 26.5. The summed E-state index contributed by atoms with van der Waals surface area (Å²) in [5.74, 6) is 1.73. The Morgan fingerprint density at radius 1 is 1.35 bits per heavy atom. The number of nitrogens with zero attached hydrogens (tertiary/aromatic N) is 3. The van der Waals surface area contributed by atoms with Crippen LogP contribution in [0.25, 0.3) is 0 Å². The number of fused-ring (bicyclic) bond motifs is 1. The molecule has 1 fully saturated rings. The second kappa shape index (κ2) is 4.26. The van der Waals surface area contributed by atoms with Gasteiger partial charge in [0.25, 0.3) is 0 Å². The molecule has 17 heavy (non-hydrogen) atoms. The number of aromatic nitrogens is 2. The predicted octanol–water partition coefficient (Wildman–Crippen LogP) is 1.17. The molecule has 1 N–H and O–H groups in total. The molecule has 1 heterocycles. The van der Waals surface area contributed by atoms with Gasteiger partial charge in [0, 0.05) is 24.8 Å². The van der Waals surface area contributed by atoms with Crippen LogP contribution in [-0.2, 0) is 12.8 Å². The number of aryl methyl sites for hydroxylation is 1. The molecule has 4 heteroatoms. The molecule has 4 nitrogen and oxygen atoms in total. The lowest BCUT2D eigenvalue weighted by molar-refractivity contribution is 0.0464. The van der Waals surface area contributed by atoms with Crippen LogP contribution in [0.4, 0.5) is 5.82 Å². The van der Waals surface area contributed by atoms with Gasteiger partial charge >= 0.3 is 0 Å². The maximum atomic E-state index is 9.31. The highest BCUT2D eigenvalue weighted by Crippen LogP contribution is 2.31. The van der Waals surface area contributed by atoms with Crippen molar-refractivity contribution in [3.63, 3.8) is 0 Å². The molecule has 2 aliphatic rings. The molecule has 0 atom stereocenters. The first-order valence-corrected chi connectivity index (χ1v) is 6.46. The van der Waals surface area contributed by atoms with Crippen LogP contribution < -0.4 is 4.90 Å². The van der Waals surface area contributed by atoms with Gasteiger partial charge in [-0.1, -0.05) is 0 Å². The van der Waals surface area contributed by atoms with Crippen molar-refractivity contribution >= 4 is 5.82 Å². The first-order chi connectivity index (χ1) is 8.24. The first-order valence-electron chi connectivity index (χ1n) is 6.46. The Kier molecular flexibility index (Phi) is 2.74. The molecule has 0 unspecified atom stereocenters. The van der Waals surface area contributed by atoms with E-state index in [4.69, 9.17) is 0 Å². The molecule has 3 rings (SSSR count). The van der Waals surface area contributed by atoms with Crippen molar-refractivity contribution in [2.75, 3.05) is 18.5 Å². The van der Waals surface area contributed by atoms with E-state index in [0.717, 1.165) is 38.0 Å². The summed E-state index contributed by atoms with van der Waals surface area (Å²) in [4.78, 5) is 11.0. The zero-order valence-electron chi connectivity index (χ0n) is 10.3. The monoisotopic (exact) mass is 233 g/mol. The summed E-state index contributed by atoms with van der Waals surface area (Å²) < 4.78 is 0. The van der Waals surface area contributed by atoms with Crippen molar-refractivity contribution < 1.29 is 5.11 Å². The molecule has 0 saturated heterocycles. The average molecular weight is 233 g/mol. The predicted molar refractivity (Wildman–Crippen MR) is 66.1 cm³/mol. The van der Waals surface area contributed by atoms with Crippen molar-refractivity contribution in [1.82, 2.24) is 9.97 Å². The summed E-state index contributed by atoms with van der Waals surface area (Å²) in [5.41, 5.74) is 2.57. The SMILES string of the molecule is CN(CC1CC(O)C1)c1ncnc2c1CCC2. The number of rotatable bonds is 3. The number of hydrogen-bond donors (Lipinski definition) is 1. The molecule has 2 aliphatic carbocycles. The van der Waals surface area contributed by atoms with Crippen molar-refractivity contribution in [1.29, 1.82) is 0 Å². The molecular weight excluding hydrogens is 214 g/mol. The van der Waals surface area contributed by atoms with Gasteiger partial charge in [0.05, 0.1) is 6.10 Å². The maximum Gasteiger partial charge on any atom is 0.135 e. The quantitative estimate of drug-likeness (QED) is 0.851. The molecule has 1 aromatic heterocycles. The Bertz CT molecular complexity index is 415. The van der Waals surface area contributed by atoms with Gasteiger partial charge in [-0.15, -0.1) is 0 Å². The van der Waals surface area contributed by atoms with Crippen molar-refractivity contribution in [3.05, 3.63) is 17.6 Å². The topological polar surface area (TPSA) is 49.2 Å². The highest BCUT2D eigenvalue weighted by molar-refractivity contribution is 5.49. The van der Waals surface area contributed by atoms with Crippen LogP contribution in [0.1, 0.15) is 30.5 Å². The minimum atomic E-state index is -0.0653. The molecule has 0 aromatic carbocycles. The molecule has 1 saturated carbocycles. The van der Waals surface area contributed by atoms with Gasteiger partial charge in [-0.25, -0.2) is 9.97 Å². The number of hydrogen-bond acceptors (Lipinski definition) is 4. The first kappa shape index (κ1) is 11.0. The zero-order valence-corrected chi connectivity index (χ0v) is 10.3. The smallest absolute Gasteiger partial charge is 0.135 e. The Labute approximate surface area is 102 Å². The van der Waals surface area contributed by atoms with Crippen LogP contribution in [0.2, 0.25) is 0 Å². The van der Waals surface area contributed by atoms with Crippen LogP contribution in [0.5, 0.6) is 0 Å². The summed E-state index contributed by atoms with van der Waals surface area (Å²) in [5, 5.41) is 9.31. The van der Waals surface area contributed by atoms with E-state index in [2.05, 4.69) is 21.9 Å². The molecule has 92 valence electrons. The average Bonchev–Trinajstić information content (AvgIpc) is 2.74. The summed E-state index contributed by atoms with van der Waals surface area (Å²) in [6, 6.07) is 0. The van der Waals surface area contributed by atoms with Gasteiger partial charge in [-0.3, -0.25) is 0 Å². The standard InChI is InChI=1S/C13H19N3O/c1-16(7-9-5-10(17)6-9)13-11-3-2-4-12(11)14-8-15-13/h8-10,17H,2-7H2,1H3. The van der Waals surface area contributed by atoms with Crippen molar-refractivity contribution in [2.24, 2.45) is 5.92 Å². The molecule has 0 amide bonds. The molecule has 0 aliphatic heterocycles. The molecular formula is C13H19N3O. The Morgan fingerprint density at radius 3 is 2.94 bits per heavy atom. The fourth-order valence-electron chi connectivity index (χ4n) is 2.99. The lowest BCUT2D eigenvalue weighted by Gasteiger charge is -2.35. The largest absolute Gasteiger partial charge is 0.393 e. The van der Waals surface area contributed by atoms with Gasteiger partial charge < -0.3 is 10.0 Å². The van der Waals surface area contributed by atoms with E-state index in [1.54, 1.807) is 6.33 Å². The fourth-order valence-corrected chi connectivity index (χ4v) is 2.99. The fraction of sp³-hybridized carbons (Fsp3) is 0.692. The summed E-state index contributed by atoms with van der Waals surface area (Å²) in [6.45, 7) is 1.00. The van der Waals surface area contributed by atoms with Gasteiger partial charge in [0.2, 0.25) is 0 Å². The Hall–Kier alpha value is -1.16. The number of aliphatic hydroxyl groups excluding tert-OH is 1. The molecule has 0 radical (unpaired) electrons. The van der Waals surface area contributed by atoms with E-state index in [1.807, 2.05) is 0 Å². The molecule has 0 spiro atoms. The minimum absolute atomic E-state index is 0.0653. The molecule has 0 bridgehead atoms. The van der Waals surface area contributed by atoms with Gasteiger partial charge in [0.1, 0.15) is 12.1 Å². The highest BCUT2D eigenvalue weighted by atomic mass is 16.3. The third kappa shape index (κ3) is 2.02. The summed E-state index contributed by atoms with van der Waals surface area (Å²) in [6.07, 6.45) is 6.92. The maximum absolute atomic E-state index is 9.31. The van der Waals surface area contributed by atoms with Gasteiger partial charge in [-0.05, 0) is 38.0 Å². The van der Waals surface area contributed by atoms with Crippen LogP contribution in [-0.4, -0.2) is 34.8 Å². The van der Waals surface area contributed by atoms with E-state index in [9.17, 15) is 5.11 Å². The van der Waals surface area contributed by atoms with E-state index in [1.165, 1.54) is 17.7 Å². The summed E-state index contributed by atoms with van der Waals surface area (Å²) >= 11 is 0. The van der Waals surface area contributed by atoms with Gasteiger partial charge in [-0.2, -0.15) is 0 Å². The lowest BCUT2D eigenvalue weighted by Crippen LogP contribution is -2.37. The van der Waals surface area contributed by atoms with E-state index >= 15 is 0 Å². The minimum Gasteiger partial charge on any atom is -0.393 e. The Morgan fingerprint density at radius 2 is 2.18 bits per heavy atom. The second-order valence-electron chi connectivity index (χ2n) is 5.35. The number of aliphatic hydroxyl groups is 1. The Balaban J connectivity index is 1.73. The van der Waals surface area contributed by atoms with Crippen LogP contribution >= 0.6 is 0 Å². The van der Waals surface area contributed by atoms with Crippen LogP contribution in [0, 0.1) is 5.92 Å². The van der Waals surface area contributed by atoms with Crippen LogP contribution in [0.3, 0.4) is 0 Å². The molecule has 1 aromatic rings. The third-order valence-corrected chi connectivity index (χ3v) is 3.96. The zero-order chi connectivity index (χ0) is 11.8. The van der Waals surface area contributed by atoms with E-state index in [0.29, 0.717) is 5.92 Å². The third-order valence-electron chi connectivity index (χ3n) is 3.96. The summed E-state index contributed by atoms with van der Waals surface area (Å²) in [7, 11) is 2.10. The second-order valence-corrected chi connectivity index (χ2v) is 5.35. The van der Waals surface area contributed by atoms with Gasteiger partial charge in [0.15, 0.2) is 0 Å². The van der Waals surface area contributed by atoms with E-state index in [-0.39, 0.29) is 6.10 Å². The number of anilines is 1. The van der Waals surface area contributed by atoms with Crippen molar-refractivity contribution in [2.45, 2.75) is 38.2 Å². The van der Waals surface area contributed by atoms with Crippen LogP contribution in [0.15, 0.2) is 6.33 Å². The van der Waals surface area contributed by atoms with E-state index < -0.39 is 0 Å².